The van der Waals surface area contributed by atoms with Crippen molar-refractivity contribution in [1.82, 2.24) is 19.1 Å². The van der Waals surface area contributed by atoms with Gasteiger partial charge in [-0.3, -0.25) is 9.67 Å². The van der Waals surface area contributed by atoms with Gasteiger partial charge in [-0.25, -0.2) is 8.42 Å². The molecule has 8 heteroatoms. The second kappa shape index (κ2) is 6.94. The molecule has 1 aromatic carbocycles. The predicted molar refractivity (Wildman–Crippen MR) is 105 cm³/mol. The van der Waals surface area contributed by atoms with Crippen LogP contribution in [0.4, 0.5) is 5.69 Å². The van der Waals surface area contributed by atoms with Crippen LogP contribution in [0.1, 0.15) is 18.4 Å². The molecule has 4 rings (SSSR count). The van der Waals surface area contributed by atoms with E-state index >= 15 is 0 Å². The van der Waals surface area contributed by atoms with Gasteiger partial charge in [-0.1, -0.05) is 18.2 Å². The van der Waals surface area contributed by atoms with Gasteiger partial charge < -0.3 is 5.32 Å². The number of para-hydroxylation sites is 1. The van der Waals surface area contributed by atoms with Gasteiger partial charge in [0, 0.05) is 49.6 Å². The zero-order valence-corrected chi connectivity index (χ0v) is 16.3. The summed E-state index contributed by atoms with van der Waals surface area (Å²) in [6.45, 7) is 3.05. The van der Waals surface area contributed by atoms with Gasteiger partial charge in [0.05, 0.1) is 11.7 Å². The molecule has 0 bridgehead atoms. The van der Waals surface area contributed by atoms with E-state index in [4.69, 9.17) is 0 Å². The summed E-state index contributed by atoms with van der Waals surface area (Å²) in [4.78, 5) is 4.74. The van der Waals surface area contributed by atoms with Crippen LogP contribution in [-0.4, -0.2) is 46.6 Å². The molecule has 0 radical (unpaired) electrons. The number of nitrogens with zero attached hydrogens (tertiary/aromatic N) is 4. The molecule has 142 valence electrons. The van der Waals surface area contributed by atoms with E-state index in [0.29, 0.717) is 13.1 Å². The first kappa shape index (κ1) is 17.9. The third-order valence-corrected chi connectivity index (χ3v) is 6.96. The van der Waals surface area contributed by atoms with Crippen LogP contribution in [0.5, 0.6) is 0 Å². The molecule has 27 heavy (non-hydrogen) atoms. The molecule has 1 N–H and O–H groups in total. The summed E-state index contributed by atoms with van der Waals surface area (Å²) in [7, 11) is -1.75. The highest BCUT2D eigenvalue weighted by atomic mass is 32.2. The highest BCUT2D eigenvalue weighted by Gasteiger charge is 2.30. The van der Waals surface area contributed by atoms with E-state index in [1.807, 2.05) is 18.3 Å². The van der Waals surface area contributed by atoms with Crippen molar-refractivity contribution in [3.05, 3.63) is 48.4 Å². The second-order valence-corrected chi connectivity index (χ2v) is 8.94. The summed E-state index contributed by atoms with van der Waals surface area (Å²) in [6, 6.07) is 8.38. The van der Waals surface area contributed by atoms with Gasteiger partial charge in [0.1, 0.15) is 4.90 Å². The lowest BCUT2D eigenvalue weighted by Gasteiger charge is -2.32. The van der Waals surface area contributed by atoms with Gasteiger partial charge in [0.25, 0.3) is 0 Å². The van der Waals surface area contributed by atoms with Crippen molar-refractivity contribution in [1.29, 1.82) is 0 Å². The molecule has 0 unspecified atom stereocenters. The van der Waals surface area contributed by atoms with Crippen LogP contribution in [0.3, 0.4) is 0 Å². The number of aromatic nitrogens is 3. The molecule has 0 saturated carbocycles. The molecule has 0 aliphatic carbocycles. The lowest BCUT2D eigenvalue weighted by atomic mass is 10.0. The van der Waals surface area contributed by atoms with E-state index in [-0.39, 0.29) is 10.9 Å². The number of rotatable bonds is 4. The van der Waals surface area contributed by atoms with Crippen molar-refractivity contribution in [3.63, 3.8) is 0 Å². The Morgan fingerprint density at radius 3 is 2.67 bits per heavy atom. The molecule has 1 aliphatic rings. The largest absolute Gasteiger partial charge is 0.382 e. The minimum absolute atomic E-state index is 0.233. The van der Waals surface area contributed by atoms with Crippen LogP contribution in [0.2, 0.25) is 0 Å². The molecule has 1 fully saturated rings. The molecular formula is C19H23N5O2S. The Bertz CT molecular complexity index is 1070. The fraction of sp³-hybridized carbons (Fsp3) is 0.368. The normalized spacial score (nSPS) is 16.7. The summed E-state index contributed by atoms with van der Waals surface area (Å²) in [5.74, 6) is 0. The van der Waals surface area contributed by atoms with E-state index in [1.165, 1.54) is 10.9 Å². The zero-order valence-electron chi connectivity index (χ0n) is 15.5. The number of sulfonamides is 1. The molecule has 0 spiro atoms. The molecule has 1 aliphatic heterocycles. The molecule has 0 atom stereocenters. The monoisotopic (exact) mass is 385 g/mol. The Morgan fingerprint density at radius 2 is 1.96 bits per heavy atom. The minimum atomic E-state index is -3.47. The Labute approximate surface area is 159 Å². The summed E-state index contributed by atoms with van der Waals surface area (Å²) in [6.07, 6.45) is 6.29. The first-order valence-corrected chi connectivity index (χ1v) is 10.5. The fourth-order valence-corrected chi connectivity index (χ4v) is 5.05. The van der Waals surface area contributed by atoms with Gasteiger partial charge in [-0.05, 0) is 31.4 Å². The van der Waals surface area contributed by atoms with Crippen LogP contribution < -0.4 is 5.32 Å². The Hall–Kier alpha value is -2.45. The number of aryl methyl sites for hydroxylation is 2. The average molecular weight is 385 g/mol. The van der Waals surface area contributed by atoms with E-state index in [0.717, 1.165) is 35.0 Å². The number of benzene rings is 1. The summed E-state index contributed by atoms with van der Waals surface area (Å²) < 4.78 is 28.5. The third-order valence-electron chi connectivity index (χ3n) is 5.11. The van der Waals surface area contributed by atoms with Crippen LogP contribution in [0.15, 0.2) is 47.8 Å². The maximum atomic E-state index is 12.7. The third kappa shape index (κ3) is 3.42. The Kier molecular flexibility index (Phi) is 4.61. The fourth-order valence-electron chi connectivity index (χ4n) is 3.59. The highest BCUT2D eigenvalue weighted by molar-refractivity contribution is 7.89. The van der Waals surface area contributed by atoms with E-state index in [1.54, 1.807) is 17.5 Å². The van der Waals surface area contributed by atoms with Crippen LogP contribution in [0, 0.1) is 6.92 Å². The van der Waals surface area contributed by atoms with Gasteiger partial charge >= 0.3 is 0 Å². The number of piperidine rings is 1. The van der Waals surface area contributed by atoms with Crippen molar-refractivity contribution in [3.8, 4) is 0 Å². The van der Waals surface area contributed by atoms with Crippen molar-refractivity contribution < 1.29 is 8.42 Å². The van der Waals surface area contributed by atoms with Gasteiger partial charge in [-0.15, -0.1) is 0 Å². The molecule has 3 aromatic rings. The molecule has 3 heterocycles. The molecule has 2 aromatic heterocycles. The Morgan fingerprint density at radius 1 is 1.19 bits per heavy atom. The van der Waals surface area contributed by atoms with E-state index in [9.17, 15) is 8.42 Å². The summed E-state index contributed by atoms with van der Waals surface area (Å²) in [5, 5.41) is 8.67. The molecular weight excluding hydrogens is 362 g/mol. The number of hydrogen-bond acceptors (Lipinski definition) is 5. The SMILES string of the molecule is Cc1cccc2c(NC3CCN(S(=O)(=O)c4cnn(C)c4)CC3)ccnc12. The van der Waals surface area contributed by atoms with E-state index in [2.05, 4.69) is 34.5 Å². The number of pyridine rings is 1. The lowest BCUT2D eigenvalue weighted by Crippen LogP contribution is -2.42. The highest BCUT2D eigenvalue weighted by Crippen LogP contribution is 2.27. The van der Waals surface area contributed by atoms with Crippen molar-refractivity contribution in [2.24, 2.45) is 7.05 Å². The van der Waals surface area contributed by atoms with Crippen LogP contribution in [0.25, 0.3) is 10.9 Å². The van der Waals surface area contributed by atoms with Crippen molar-refractivity contribution in [2.45, 2.75) is 30.7 Å². The first-order valence-electron chi connectivity index (χ1n) is 9.05. The van der Waals surface area contributed by atoms with Crippen molar-refractivity contribution >= 4 is 26.6 Å². The quantitative estimate of drug-likeness (QED) is 0.747. The number of anilines is 1. The standard InChI is InChI=1S/C19H23N5O2S/c1-14-4-3-5-17-18(6-9-20-19(14)17)22-15-7-10-24(11-8-15)27(25,26)16-12-21-23(2)13-16/h3-6,9,12-13,15H,7-8,10-11H2,1-2H3,(H,20,22). The van der Waals surface area contributed by atoms with Gasteiger partial charge in [-0.2, -0.15) is 9.40 Å². The smallest absolute Gasteiger partial charge is 0.246 e. The topological polar surface area (TPSA) is 80.1 Å². The van der Waals surface area contributed by atoms with Gasteiger partial charge in [0.2, 0.25) is 10.0 Å². The molecule has 0 amide bonds. The molecule has 1 saturated heterocycles. The number of fused-ring (bicyclic) bond motifs is 1. The second-order valence-electron chi connectivity index (χ2n) is 7.00. The maximum absolute atomic E-state index is 12.7. The van der Waals surface area contributed by atoms with E-state index < -0.39 is 10.0 Å². The average Bonchev–Trinajstić information content (AvgIpc) is 3.10. The Balaban J connectivity index is 1.47. The number of hydrogen-bond donors (Lipinski definition) is 1. The lowest BCUT2D eigenvalue weighted by molar-refractivity contribution is 0.330. The van der Waals surface area contributed by atoms with Crippen LogP contribution >= 0.6 is 0 Å². The van der Waals surface area contributed by atoms with Crippen molar-refractivity contribution in [2.75, 3.05) is 18.4 Å². The minimum Gasteiger partial charge on any atom is -0.382 e. The van der Waals surface area contributed by atoms with Gasteiger partial charge in [0.15, 0.2) is 0 Å². The predicted octanol–water partition coefficient (Wildman–Crippen LogP) is 2.54. The maximum Gasteiger partial charge on any atom is 0.246 e. The number of nitrogens with one attached hydrogen (secondary N) is 1. The zero-order chi connectivity index (χ0) is 19.0. The molecule has 7 nitrogen and oxygen atoms in total. The summed E-state index contributed by atoms with van der Waals surface area (Å²) in [5.41, 5.74) is 3.20. The summed E-state index contributed by atoms with van der Waals surface area (Å²) >= 11 is 0. The van der Waals surface area contributed by atoms with Crippen LogP contribution in [-0.2, 0) is 17.1 Å². The first-order chi connectivity index (χ1) is 12.9.